The number of ether oxygens (including phenoxy) is 1. The van der Waals surface area contributed by atoms with Crippen LogP contribution in [0.1, 0.15) is 13.8 Å². The van der Waals surface area contributed by atoms with E-state index in [0.717, 1.165) is 9.26 Å². The lowest BCUT2D eigenvalue weighted by atomic mass is 10.2. The van der Waals surface area contributed by atoms with Gasteiger partial charge in [0.05, 0.1) is 0 Å². The van der Waals surface area contributed by atoms with Crippen molar-refractivity contribution in [1.29, 1.82) is 0 Å². The summed E-state index contributed by atoms with van der Waals surface area (Å²) in [5.74, 6) is 0.669. The van der Waals surface area contributed by atoms with Crippen molar-refractivity contribution in [3.8, 4) is 5.75 Å². The van der Waals surface area contributed by atoms with E-state index in [2.05, 4.69) is 22.6 Å². The van der Waals surface area contributed by atoms with Crippen molar-refractivity contribution in [2.24, 2.45) is 0 Å². The molecule has 0 unspecified atom stereocenters. The van der Waals surface area contributed by atoms with Crippen LogP contribution in [0.3, 0.4) is 0 Å². The molecule has 2 aromatic rings. The van der Waals surface area contributed by atoms with Gasteiger partial charge in [0.25, 0.3) is 5.91 Å². The van der Waals surface area contributed by atoms with Gasteiger partial charge in [-0.1, -0.05) is 24.3 Å². The summed E-state index contributed by atoms with van der Waals surface area (Å²) in [5, 5.41) is 0. The van der Waals surface area contributed by atoms with E-state index in [1.54, 1.807) is 4.90 Å². The molecule has 1 amide bonds. The largest absolute Gasteiger partial charge is 0.484 e. The molecule has 0 spiro atoms. The van der Waals surface area contributed by atoms with Gasteiger partial charge in [-0.2, -0.15) is 0 Å². The highest BCUT2D eigenvalue weighted by atomic mass is 127. The van der Waals surface area contributed by atoms with Crippen LogP contribution in [-0.4, -0.2) is 18.6 Å². The maximum atomic E-state index is 12.4. The molecule has 3 nitrogen and oxygen atoms in total. The molecule has 0 bridgehead atoms. The fourth-order valence-electron chi connectivity index (χ4n) is 2.09. The maximum Gasteiger partial charge on any atom is 0.265 e. The predicted octanol–water partition coefficient (Wildman–Crippen LogP) is 4.11. The van der Waals surface area contributed by atoms with Gasteiger partial charge in [0.15, 0.2) is 6.61 Å². The highest BCUT2D eigenvalue weighted by molar-refractivity contribution is 14.1. The molecule has 0 heterocycles. The number of nitrogens with zero attached hydrogens (tertiary/aromatic N) is 1. The molecule has 0 N–H and O–H groups in total. The van der Waals surface area contributed by atoms with E-state index in [-0.39, 0.29) is 18.6 Å². The molecule has 2 aromatic carbocycles. The Hall–Kier alpha value is -1.56. The van der Waals surface area contributed by atoms with E-state index >= 15 is 0 Å². The standard InChI is InChI=1S/C17H18INO2/c1-13(2)19(15-8-4-3-5-9-15)17(20)12-21-16-10-6-7-14(18)11-16/h3-11,13H,12H2,1-2H3. The van der Waals surface area contributed by atoms with E-state index in [1.165, 1.54) is 0 Å². The Morgan fingerprint density at radius 1 is 1.14 bits per heavy atom. The first-order chi connectivity index (χ1) is 10.1. The van der Waals surface area contributed by atoms with Crippen molar-refractivity contribution in [3.05, 3.63) is 58.2 Å². The lowest BCUT2D eigenvalue weighted by Gasteiger charge is -2.26. The van der Waals surface area contributed by atoms with Crippen molar-refractivity contribution in [1.82, 2.24) is 0 Å². The Bertz CT molecular complexity index is 599. The van der Waals surface area contributed by atoms with Crippen molar-refractivity contribution in [2.45, 2.75) is 19.9 Å². The SMILES string of the molecule is CC(C)N(C(=O)COc1cccc(I)c1)c1ccccc1. The topological polar surface area (TPSA) is 29.5 Å². The van der Waals surface area contributed by atoms with E-state index < -0.39 is 0 Å². The van der Waals surface area contributed by atoms with Gasteiger partial charge in [-0.25, -0.2) is 0 Å². The van der Waals surface area contributed by atoms with Crippen LogP contribution in [-0.2, 0) is 4.79 Å². The quantitative estimate of drug-likeness (QED) is 0.714. The molecule has 110 valence electrons. The number of hydrogen-bond donors (Lipinski definition) is 0. The zero-order chi connectivity index (χ0) is 15.2. The number of halogens is 1. The minimum Gasteiger partial charge on any atom is -0.484 e. The first-order valence-corrected chi connectivity index (χ1v) is 7.91. The number of carbonyl (C=O) groups is 1. The van der Waals surface area contributed by atoms with Gasteiger partial charge >= 0.3 is 0 Å². The van der Waals surface area contributed by atoms with Gasteiger partial charge < -0.3 is 9.64 Å². The number of carbonyl (C=O) groups excluding carboxylic acids is 1. The summed E-state index contributed by atoms with van der Waals surface area (Å²) in [6.07, 6.45) is 0. The molecule has 0 fully saturated rings. The molecule has 21 heavy (non-hydrogen) atoms. The van der Waals surface area contributed by atoms with Crippen LogP contribution in [0.2, 0.25) is 0 Å². The van der Waals surface area contributed by atoms with Crippen LogP contribution < -0.4 is 9.64 Å². The molecule has 0 aromatic heterocycles. The third kappa shape index (κ3) is 4.46. The number of anilines is 1. The van der Waals surface area contributed by atoms with E-state index in [4.69, 9.17) is 4.74 Å². The number of amides is 1. The summed E-state index contributed by atoms with van der Waals surface area (Å²) >= 11 is 2.22. The van der Waals surface area contributed by atoms with Gasteiger partial charge in [-0.3, -0.25) is 4.79 Å². The second-order valence-corrected chi connectivity index (χ2v) is 6.18. The van der Waals surface area contributed by atoms with Gasteiger partial charge in [-0.05, 0) is 66.8 Å². The predicted molar refractivity (Wildman–Crippen MR) is 93.7 cm³/mol. The molecular weight excluding hydrogens is 377 g/mol. The Labute approximate surface area is 139 Å². The monoisotopic (exact) mass is 395 g/mol. The normalized spacial score (nSPS) is 10.5. The highest BCUT2D eigenvalue weighted by Crippen LogP contribution is 2.18. The number of para-hydroxylation sites is 1. The van der Waals surface area contributed by atoms with E-state index in [1.807, 2.05) is 68.4 Å². The highest BCUT2D eigenvalue weighted by Gasteiger charge is 2.19. The van der Waals surface area contributed by atoms with Crippen molar-refractivity contribution in [3.63, 3.8) is 0 Å². The second kappa shape index (κ2) is 7.45. The molecule has 0 aliphatic carbocycles. The minimum absolute atomic E-state index is 0.0349. The van der Waals surface area contributed by atoms with E-state index in [0.29, 0.717) is 5.75 Å². The summed E-state index contributed by atoms with van der Waals surface area (Å²) in [6.45, 7) is 4.03. The Kier molecular flexibility index (Phi) is 5.61. The molecule has 0 saturated heterocycles. The van der Waals surface area contributed by atoms with Gasteiger partial charge in [0, 0.05) is 15.3 Å². The summed E-state index contributed by atoms with van der Waals surface area (Å²) in [5.41, 5.74) is 0.892. The first kappa shape index (κ1) is 15.8. The van der Waals surface area contributed by atoms with Gasteiger partial charge in [0.2, 0.25) is 0 Å². The zero-order valence-corrected chi connectivity index (χ0v) is 14.3. The lowest BCUT2D eigenvalue weighted by molar-refractivity contribution is -0.120. The van der Waals surface area contributed by atoms with Crippen molar-refractivity contribution in [2.75, 3.05) is 11.5 Å². The van der Waals surface area contributed by atoms with E-state index in [9.17, 15) is 4.79 Å². The molecule has 0 aliphatic heterocycles. The molecular formula is C17H18INO2. The Morgan fingerprint density at radius 3 is 2.48 bits per heavy atom. The summed E-state index contributed by atoms with van der Waals surface area (Å²) in [4.78, 5) is 14.2. The molecule has 4 heteroatoms. The molecule has 2 rings (SSSR count). The van der Waals surface area contributed by atoms with Crippen molar-refractivity contribution < 1.29 is 9.53 Å². The average molecular weight is 395 g/mol. The van der Waals surface area contributed by atoms with Crippen molar-refractivity contribution >= 4 is 34.2 Å². The van der Waals surface area contributed by atoms with Crippen LogP contribution in [0.4, 0.5) is 5.69 Å². The average Bonchev–Trinajstić information content (AvgIpc) is 2.46. The van der Waals surface area contributed by atoms with Gasteiger partial charge in [-0.15, -0.1) is 0 Å². The van der Waals surface area contributed by atoms with Crippen LogP contribution in [0.15, 0.2) is 54.6 Å². The second-order valence-electron chi connectivity index (χ2n) is 4.94. The smallest absolute Gasteiger partial charge is 0.265 e. The first-order valence-electron chi connectivity index (χ1n) is 6.83. The third-order valence-electron chi connectivity index (χ3n) is 2.98. The van der Waals surface area contributed by atoms with Crippen LogP contribution in [0.5, 0.6) is 5.75 Å². The zero-order valence-electron chi connectivity index (χ0n) is 12.1. The molecule has 0 aliphatic rings. The molecule has 0 saturated carbocycles. The summed E-state index contributed by atoms with van der Waals surface area (Å²) in [7, 11) is 0. The number of rotatable bonds is 5. The lowest BCUT2D eigenvalue weighted by Crippen LogP contribution is -2.40. The fourth-order valence-corrected chi connectivity index (χ4v) is 2.60. The summed E-state index contributed by atoms with van der Waals surface area (Å²) < 4.78 is 6.69. The Morgan fingerprint density at radius 2 is 1.86 bits per heavy atom. The molecule has 0 atom stereocenters. The van der Waals surface area contributed by atoms with Crippen LogP contribution in [0.25, 0.3) is 0 Å². The van der Waals surface area contributed by atoms with Gasteiger partial charge in [0.1, 0.15) is 5.75 Å². The Balaban J connectivity index is 2.06. The number of hydrogen-bond acceptors (Lipinski definition) is 2. The molecule has 0 radical (unpaired) electrons. The minimum atomic E-state index is -0.0462. The maximum absolute atomic E-state index is 12.4. The third-order valence-corrected chi connectivity index (χ3v) is 3.65. The number of benzene rings is 2. The van der Waals surface area contributed by atoms with Crippen LogP contribution >= 0.6 is 22.6 Å². The fraction of sp³-hybridized carbons (Fsp3) is 0.235. The summed E-state index contributed by atoms with van der Waals surface area (Å²) in [6, 6.07) is 17.4. The van der Waals surface area contributed by atoms with Crippen LogP contribution in [0, 0.1) is 3.57 Å².